The molecule has 9 nitrogen and oxygen atoms in total. The summed E-state index contributed by atoms with van der Waals surface area (Å²) in [5.41, 5.74) is 4.47. The SMILES string of the molecule is O=C(O)CC1CSCCN1C(=O)c1cc(NC(=O)OCC2c3ccccc3-c3ccccc32)on1. The van der Waals surface area contributed by atoms with Crippen molar-refractivity contribution in [2.24, 2.45) is 0 Å². The number of carbonyl (C=O) groups is 3. The van der Waals surface area contributed by atoms with E-state index >= 15 is 0 Å². The normalized spacial score (nSPS) is 16.9. The van der Waals surface area contributed by atoms with E-state index in [4.69, 9.17) is 14.4 Å². The van der Waals surface area contributed by atoms with Crippen LogP contribution in [-0.4, -0.2) is 63.8 Å². The topological polar surface area (TPSA) is 122 Å². The van der Waals surface area contributed by atoms with Crippen LogP contribution in [0.3, 0.4) is 0 Å². The Morgan fingerprint density at radius 2 is 1.80 bits per heavy atom. The molecule has 35 heavy (non-hydrogen) atoms. The number of ether oxygens (including phenoxy) is 1. The first-order valence-corrected chi connectivity index (χ1v) is 12.4. The standard InChI is InChI=1S/C25H23N3O6S/c29-23(30)11-15-14-35-10-9-28(15)24(31)21-12-22(34-27-21)26-25(32)33-13-20-18-7-3-1-5-16(18)17-6-2-4-8-19(17)20/h1-8,12,15,20H,9-11,13-14H2,(H,26,32)(H,29,30). The van der Waals surface area contributed by atoms with E-state index in [-0.39, 0.29) is 30.5 Å². The van der Waals surface area contributed by atoms with Crippen molar-refractivity contribution in [2.45, 2.75) is 18.4 Å². The summed E-state index contributed by atoms with van der Waals surface area (Å²) in [6.07, 6.45) is -0.860. The number of nitrogens with zero attached hydrogens (tertiary/aromatic N) is 2. The van der Waals surface area contributed by atoms with E-state index in [2.05, 4.69) is 22.6 Å². The lowest BCUT2D eigenvalue weighted by Gasteiger charge is -2.33. The Morgan fingerprint density at radius 3 is 2.49 bits per heavy atom. The Morgan fingerprint density at radius 1 is 1.11 bits per heavy atom. The van der Waals surface area contributed by atoms with Gasteiger partial charge in [-0.3, -0.25) is 14.9 Å². The molecule has 2 heterocycles. The second-order valence-corrected chi connectivity index (χ2v) is 9.50. The zero-order valence-electron chi connectivity index (χ0n) is 18.7. The molecule has 2 aliphatic rings. The Kier molecular flexibility index (Phi) is 6.45. The van der Waals surface area contributed by atoms with Crippen molar-refractivity contribution in [1.29, 1.82) is 0 Å². The molecule has 1 atom stereocenters. The predicted molar refractivity (Wildman–Crippen MR) is 130 cm³/mol. The Hall–Kier alpha value is -3.79. The molecule has 3 aromatic rings. The maximum absolute atomic E-state index is 12.9. The number of aromatic nitrogens is 1. The number of thioether (sulfide) groups is 1. The van der Waals surface area contributed by atoms with E-state index in [1.807, 2.05) is 36.4 Å². The van der Waals surface area contributed by atoms with Crippen molar-refractivity contribution in [3.8, 4) is 11.1 Å². The Labute approximate surface area is 205 Å². The second kappa shape index (κ2) is 9.83. The van der Waals surface area contributed by atoms with Gasteiger partial charge < -0.3 is 19.3 Å². The van der Waals surface area contributed by atoms with Crippen molar-refractivity contribution in [3.05, 3.63) is 71.4 Å². The Balaban J connectivity index is 1.22. The summed E-state index contributed by atoms with van der Waals surface area (Å²) in [7, 11) is 0. The van der Waals surface area contributed by atoms with Crippen LogP contribution in [-0.2, 0) is 9.53 Å². The number of aliphatic carboxylic acids is 1. The average Bonchev–Trinajstić information content (AvgIpc) is 3.45. The van der Waals surface area contributed by atoms with E-state index in [9.17, 15) is 14.4 Å². The van der Waals surface area contributed by atoms with Crippen molar-refractivity contribution in [2.75, 3.05) is 30.0 Å². The number of fused-ring (bicyclic) bond motifs is 3. The minimum atomic E-state index is -0.965. The molecule has 1 aromatic heterocycles. The molecule has 0 saturated carbocycles. The van der Waals surface area contributed by atoms with Crippen LogP contribution in [0.1, 0.15) is 34.0 Å². The third kappa shape index (κ3) is 4.74. The summed E-state index contributed by atoms with van der Waals surface area (Å²) in [6, 6.07) is 17.0. The Bertz CT molecular complexity index is 1230. The highest BCUT2D eigenvalue weighted by atomic mass is 32.2. The molecule has 1 aliphatic heterocycles. The largest absolute Gasteiger partial charge is 0.481 e. The lowest BCUT2D eigenvalue weighted by Crippen LogP contribution is -2.47. The number of carboxylic acids is 1. The maximum atomic E-state index is 12.9. The van der Waals surface area contributed by atoms with Gasteiger partial charge in [0.15, 0.2) is 5.69 Å². The summed E-state index contributed by atoms with van der Waals surface area (Å²) >= 11 is 1.61. The molecule has 0 spiro atoms. The van der Waals surface area contributed by atoms with E-state index < -0.39 is 24.0 Å². The number of anilines is 1. The lowest BCUT2D eigenvalue weighted by atomic mass is 9.98. The minimum Gasteiger partial charge on any atom is -0.481 e. The smallest absolute Gasteiger partial charge is 0.414 e. The van der Waals surface area contributed by atoms with E-state index in [0.717, 1.165) is 22.3 Å². The second-order valence-electron chi connectivity index (χ2n) is 8.35. The van der Waals surface area contributed by atoms with Gasteiger partial charge in [-0.15, -0.1) is 0 Å². The third-order valence-electron chi connectivity index (χ3n) is 6.20. The first kappa shape index (κ1) is 23.0. The van der Waals surface area contributed by atoms with Gasteiger partial charge >= 0.3 is 12.1 Å². The van der Waals surface area contributed by atoms with Gasteiger partial charge in [0, 0.05) is 30.0 Å². The van der Waals surface area contributed by atoms with Crippen molar-refractivity contribution in [1.82, 2.24) is 10.1 Å². The van der Waals surface area contributed by atoms with Gasteiger partial charge in [0.1, 0.15) is 6.61 Å². The van der Waals surface area contributed by atoms with Crippen LogP contribution in [0.15, 0.2) is 59.1 Å². The van der Waals surface area contributed by atoms with Crippen LogP contribution in [0.25, 0.3) is 11.1 Å². The van der Waals surface area contributed by atoms with Gasteiger partial charge in [0.25, 0.3) is 5.91 Å². The number of carboxylic acid groups (broad SMARTS) is 1. The van der Waals surface area contributed by atoms with Crippen LogP contribution in [0.2, 0.25) is 0 Å². The van der Waals surface area contributed by atoms with E-state index in [1.165, 1.54) is 11.0 Å². The summed E-state index contributed by atoms with van der Waals surface area (Å²) in [5, 5.41) is 15.4. The summed E-state index contributed by atoms with van der Waals surface area (Å²) < 4.78 is 10.6. The predicted octanol–water partition coefficient (Wildman–Crippen LogP) is 4.07. The van der Waals surface area contributed by atoms with Crippen LogP contribution in [0.4, 0.5) is 10.7 Å². The van der Waals surface area contributed by atoms with E-state index in [0.29, 0.717) is 18.1 Å². The average molecular weight is 494 g/mol. The molecular formula is C25H23N3O6S. The molecule has 10 heteroatoms. The van der Waals surface area contributed by atoms with Crippen LogP contribution in [0.5, 0.6) is 0 Å². The number of nitrogens with one attached hydrogen (secondary N) is 1. The fourth-order valence-electron chi connectivity index (χ4n) is 4.61. The van der Waals surface area contributed by atoms with Crippen molar-refractivity contribution >= 4 is 35.6 Å². The molecular weight excluding hydrogens is 470 g/mol. The van der Waals surface area contributed by atoms with Crippen LogP contribution >= 0.6 is 11.8 Å². The molecule has 1 aliphatic carbocycles. The van der Waals surface area contributed by atoms with E-state index in [1.54, 1.807) is 11.8 Å². The quantitative estimate of drug-likeness (QED) is 0.527. The monoisotopic (exact) mass is 493 g/mol. The molecule has 180 valence electrons. The number of benzene rings is 2. The number of hydrogen-bond donors (Lipinski definition) is 2. The lowest BCUT2D eigenvalue weighted by molar-refractivity contribution is -0.138. The number of amides is 2. The van der Waals surface area contributed by atoms with Crippen LogP contribution < -0.4 is 5.32 Å². The van der Waals surface area contributed by atoms with Crippen molar-refractivity contribution in [3.63, 3.8) is 0 Å². The molecule has 1 unspecified atom stereocenters. The fraction of sp³-hybridized carbons (Fsp3) is 0.280. The molecule has 0 radical (unpaired) electrons. The van der Waals surface area contributed by atoms with Gasteiger partial charge in [-0.25, -0.2) is 4.79 Å². The number of hydrogen-bond acceptors (Lipinski definition) is 7. The third-order valence-corrected chi connectivity index (χ3v) is 7.29. The summed E-state index contributed by atoms with van der Waals surface area (Å²) in [4.78, 5) is 38.0. The molecule has 5 rings (SSSR count). The first-order valence-electron chi connectivity index (χ1n) is 11.2. The van der Waals surface area contributed by atoms with Crippen molar-refractivity contribution < 1.29 is 28.8 Å². The number of carbonyl (C=O) groups excluding carboxylic acids is 2. The molecule has 2 N–H and O–H groups in total. The highest BCUT2D eigenvalue weighted by molar-refractivity contribution is 7.99. The summed E-state index contributed by atoms with van der Waals surface area (Å²) in [5.74, 6) is -0.241. The zero-order valence-corrected chi connectivity index (χ0v) is 19.5. The minimum absolute atomic E-state index is 0.00114. The van der Waals surface area contributed by atoms with Gasteiger partial charge in [0.05, 0.1) is 12.5 Å². The van der Waals surface area contributed by atoms with Gasteiger partial charge in [-0.2, -0.15) is 11.8 Å². The first-order chi connectivity index (χ1) is 17.0. The maximum Gasteiger partial charge on any atom is 0.414 e. The van der Waals surface area contributed by atoms with Crippen LogP contribution in [0, 0.1) is 0 Å². The molecule has 2 amide bonds. The molecule has 1 fully saturated rings. The molecule has 2 aromatic carbocycles. The van der Waals surface area contributed by atoms with Gasteiger partial charge in [-0.05, 0) is 22.3 Å². The van der Waals surface area contributed by atoms with Gasteiger partial charge in [-0.1, -0.05) is 53.7 Å². The molecule has 1 saturated heterocycles. The highest BCUT2D eigenvalue weighted by Crippen LogP contribution is 2.44. The van der Waals surface area contributed by atoms with Gasteiger partial charge in [0.2, 0.25) is 5.88 Å². The fourth-order valence-corrected chi connectivity index (χ4v) is 5.67. The highest BCUT2D eigenvalue weighted by Gasteiger charge is 2.32. The number of rotatable bonds is 6. The zero-order chi connectivity index (χ0) is 24.4. The molecule has 0 bridgehead atoms. The summed E-state index contributed by atoms with van der Waals surface area (Å²) in [6.45, 7) is 0.561.